The van der Waals surface area contributed by atoms with Gasteiger partial charge in [0.2, 0.25) is 0 Å². The predicted molar refractivity (Wildman–Crippen MR) is 97.9 cm³/mol. The van der Waals surface area contributed by atoms with E-state index in [-0.39, 0.29) is 11.9 Å². The van der Waals surface area contributed by atoms with E-state index >= 15 is 0 Å². The highest BCUT2D eigenvalue weighted by Crippen LogP contribution is 2.35. The van der Waals surface area contributed by atoms with Crippen molar-refractivity contribution < 1.29 is 9.13 Å². The van der Waals surface area contributed by atoms with Crippen LogP contribution in [0.1, 0.15) is 0 Å². The lowest BCUT2D eigenvalue weighted by atomic mass is 10.3. The maximum absolute atomic E-state index is 13.2. The van der Waals surface area contributed by atoms with Crippen LogP contribution in [0.2, 0.25) is 5.02 Å². The Hall–Kier alpha value is -1.67. The zero-order valence-corrected chi connectivity index (χ0v) is 15.4. The van der Waals surface area contributed by atoms with Gasteiger partial charge in [-0.15, -0.1) is 9.19 Å². The average molecular weight is 421 g/mol. The predicted octanol–water partition coefficient (Wildman–Crippen LogP) is 5.03. The molecular weight excluding hydrogens is 412 g/mol. The Balaban J connectivity index is 1.78. The van der Waals surface area contributed by atoms with Crippen molar-refractivity contribution in [1.29, 1.82) is 0 Å². The molecule has 0 aliphatic heterocycles. The summed E-state index contributed by atoms with van der Waals surface area (Å²) < 4.78 is 18.2. The summed E-state index contributed by atoms with van der Waals surface area (Å²) >= 11 is 16.5. The van der Waals surface area contributed by atoms with E-state index in [1.807, 2.05) is 0 Å². The fourth-order valence-electron chi connectivity index (χ4n) is 1.94. The number of hydrogen-bond acceptors (Lipinski definition) is 4. The molecule has 25 heavy (non-hydrogen) atoms. The molecule has 1 heterocycles. The first kappa shape index (κ1) is 18.1. The zero-order valence-electron chi connectivity index (χ0n) is 12.3. The molecule has 0 spiro atoms. The second-order valence-corrected chi connectivity index (χ2v) is 7.95. The highest BCUT2D eigenvalue weighted by molar-refractivity contribution is 8.01. The Labute approximate surface area is 161 Å². The number of alkyl halides is 3. The summed E-state index contributed by atoms with van der Waals surface area (Å²) in [5.41, 5.74) is -0.0754. The van der Waals surface area contributed by atoms with Crippen molar-refractivity contribution in [3.8, 4) is 17.2 Å². The summed E-state index contributed by atoms with van der Waals surface area (Å²) in [6.45, 7) is 0. The number of nitrogens with zero attached hydrogens (tertiary/aromatic N) is 3. The van der Waals surface area contributed by atoms with Crippen molar-refractivity contribution in [3.05, 3.63) is 70.4 Å². The van der Waals surface area contributed by atoms with Crippen molar-refractivity contribution >= 4 is 46.8 Å². The first-order valence-electron chi connectivity index (χ1n) is 6.78. The molecule has 0 saturated heterocycles. The zero-order chi connectivity index (χ0) is 18.0. The van der Waals surface area contributed by atoms with Crippen LogP contribution >= 0.6 is 46.8 Å². The van der Waals surface area contributed by atoms with Crippen LogP contribution in [0.4, 0.5) is 4.39 Å². The van der Waals surface area contributed by atoms with E-state index < -0.39 is 9.61 Å². The Kier molecular flexibility index (Phi) is 5.29. The van der Waals surface area contributed by atoms with E-state index in [0.29, 0.717) is 22.2 Å². The molecule has 3 rings (SSSR count). The molecule has 1 aromatic heterocycles. The Morgan fingerprint density at radius 1 is 1.04 bits per heavy atom. The third-order valence-corrected chi connectivity index (χ3v) is 4.29. The lowest BCUT2D eigenvalue weighted by molar-refractivity contribution is 0.482. The molecule has 0 bridgehead atoms. The molecule has 0 aliphatic carbocycles. The van der Waals surface area contributed by atoms with Gasteiger partial charge in [-0.05, 0) is 48.5 Å². The van der Waals surface area contributed by atoms with Gasteiger partial charge >= 0.3 is 9.61 Å². The first-order chi connectivity index (χ1) is 11.8. The molecule has 10 heteroatoms. The number of hydrogen-bond donors (Lipinski definition) is 0. The molecule has 0 amide bonds. The monoisotopic (exact) mass is 419 g/mol. The lowest BCUT2D eigenvalue weighted by Gasteiger charge is -2.07. The van der Waals surface area contributed by atoms with Crippen LogP contribution in [-0.2, 0) is 0 Å². The molecule has 0 aliphatic rings. The second-order valence-electron chi connectivity index (χ2n) is 4.74. The summed E-state index contributed by atoms with van der Waals surface area (Å²) in [5.74, 6) is 1.20. The van der Waals surface area contributed by atoms with Gasteiger partial charge < -0.3 is 4.74 Å². The quantitative estimate of drug-likeness (QED) is 0.543. The summed E-state index contributed by atoms with van der Waals surface area (Å²) in [4.78, 5) is 12.2. The largest absolute Gasteiger partial charge is 0.457 e. The van der Waals surface area contributed by atoms with Gasteiger partial charge in [-0.3, -0.25) is 0 Å². The lowest BCUT2D eigenvalue weighted by Crippen LogP contribution is -2.22. The smallest absolute Gasteiger partial charge is 0.361 e. The van der Waals surface area contributed by atoms with Crippen LogP contribution < -0.4 is 10.4 Å². The topological polar surface area (TPSA) is 49.1 Å². The van der Waals surface area contributed by atoms with Crippen molar-refractivity contribution in [2.75, 3.05) is 0 Å². The molecule has 0 fully saturated rings. The van der Waals surface area contributed by atoms with Gasteiger partial charge in [-0.2, -0.15) is 4.39 Å². The molecule has 0 N–H and O–H groups in total. The number of benzene rings is 2. The van der Waals surface area contributed by atoms with E-state index in [2.05, 4.69) is 5.10 Å². The van der Waals surface area contributed by atoms with Gasteiger partial charge in [-0.1, -0.05) is 34.8 Å². The molecular formula is C15H9Cl3FN3O2S. The van der Waals surface area contributed by atoms with E-state index in [1.54, 1.807) is 48.5 Å². The van der Waals surface area contributed by atoms with Gasteiger partial charge in [0.25, 0.3) is 0 Å². The van der Waals surface area contributed by atoms with Gasteiger partial charge in [0.05, 0.1) is 17.6 Å². The Morgan fingerprint density at radius 2 is 1.60 bits per heavy atom. The minimum atomic E-state index is -2.65. The number of aromatic nitrogens is 3. The molecule has 0 radical (unpaired) electrons. The van der Waals surface area contributed by atoms with Crippen molar-refractivity contribution in [3.63, 3.8) is 0 Å². The normalized spacial score (nSPS) is 11.5. The van der Waals surface area contributed by atoms with Crippen molar-refractivity contribution in [2.45, 2.75) is 3.92 Å². The SMILES string of the molecule is O=c1n(-c2ccc(Oc3ccc(Cl)cc3)cc2)cnn1SC(F)(Cl)Cl. The molecule has 0 saturated carbocycles. The van der Waals surface area contributed by atoms with E-state index in [1.165, 1.54) is 10.9 Å². The fourth-order valence-corrected chi connectivity index (χ4v) is 2.91. The first-order valence-corrected chi connectivity index (χ1v) is 8.69. The molecule has 0 unspecified atom stereocenters. The van der Waals surface area contributed by atoms with Gasteiger partial charge in [0, 0.05) is 5.02 Å². The molecule has 5 nitrogen and oxygen atoms in total. The molecule has 3 aromatic rings. The maximum atomic E-state index is 13.2. The second kappa shape index (κ2) is 7.29. The average Bonchev–Trinajstić information content (AvgIpc) is 2.90. The van der Waals surface area contributed by atoms with Crippen LogP contribution in [0.3, 0.4) is 0 Å². The number of halogens is 4. The van der Waals surface area contributed by atoms with E-state index in [9.17, 15) is 9.18 Å². The minimum absolute atomic E-state index is 0.250. The maximum Gasteiger partial charge on any atom is 0.361 e. The third-order valence-electron chi connectivity index (χ3n) is 3.00. The summed E-state index contributed by atoms with van der Waals surface area (Å²) in [6, 6.07) is 13.6. The van der Waals surface area contributed by atoms with Crippen molar-refractivity contribution in [2.24, 2.45) is 0 Å². The summed E-state index contributed by atoms with van der Waals surface area (Å²) in [5, 5.41) is 4.37. The Bertz CT molecular complexity index is 921. The van der Waals surface area contributed by atoms with Crippen LogP contribution in [0.15, 0.2) is 59.7 Å². The number of ether oxygens (including phenoxy) is 1. The summed E-state index contributed by atoms with van der Waals surface area (Å²) in [7, 11) is 0. The Morgan fingerprint density at radius 3 is 2.16 bits per heavy atom. The highest BCUT2D eigenvalue weighted by Gasteiger charge is 2.27. The van der Waals surface area contributed by atoms with Gasteiger partial charge in [0.1, 0.15) is 17.8 Å². The molecule has 0 atom stereocenters. The fraction of sp³-hybridized carbons (Fsp3) is 0.0667. The molecule has 2 aromatic carbocycles. The van der Waals surface area contributed by atoms with Crippen molar-refractivity contribution in [1.82, 2.24) is 13.8 Å². The molecule has 130 valence electrons. The van der Waals surface area contributed by atoms with E-state index in [0.717, 1.165) is 4.09 Å². The van der Waals surface area contributed by atoms with Crippen LogP contribution in [0.25, 0.3) is 5.69 Å². The van der Waals surface area contributed by atoms with Gasteiger partial charge in [0.15, 0.2) is 0 Å². The summed E-state index contributed by atoms with van der Waals surface area (Å²) in [6.07, 6.45) is 1.24. The van der Waals surface area contributed by atoms with Crippen LogP contribution in [0, 0.1) is 0 Å². The van der Waals surface area contributed by atoms with Crippen LogP contribution in [0.5, 0.6) is 11.5 Å². The number of rotatable bonds is 5. The van der Waals surface area contributed by atoms with Crippen LogP contribution in [-0.4, -0.2) is 17.7 Å². The van der Waals surface area contributed by atoms with E-state index in [4.69, 9.17) is 39.5 Å². The van der Waals surface area contributed by atoms with Gasteiger partial charge in [-0.25, -0.2) is 9.36 Å². The minimum Gasteiger partial charge on any atom is -0.457 e. The standard InChI is InChI=1S/C15H9Cl3FN3O2S/c16-10-1-5-12(6-2-10)24-13-7-3-11(4-8-13)21-9-20-22(14(21)23)25-15(17,18)19/h1-9H. The highest BCUT2D eigenvalue weighted by atomic mass is 35.5. The third kappa shape index (κ3) is 4.70.